The van der Waals surface area contributed by atoms with Gasteiger partial charge in [-0.05, 0) is 51.8 Å². The molecule has 1 saturated heterocycles. The largest absolute Gasteiger partial charge is 0.455 e. The van der Waals surface area contributed by atoms with Gasteiger partial charge in [0.25, 0.3) is 0 Å². The van der Waals surface area contributed by atoms with E-state index in [0.29, 0.717) is 48.7 Å². The molecular formula is C23H27N5O3. The van der Waals surface area contributed by atoms with E-state index in [1.165, 1.54) is 6.07 Å². The highest BCUT2D eigenvalue weighted by atomic mass is 16.6. The van der Waals surface area contributed by atoms with Gasteiger partial charge < -0.3 is 14.4 Å². The SMILES string of the molecule is [C-]#[N+]c1cc(C#N)cc(Oc2c(CC)nn(C3CN(C(=O)OC(C)(C)C)C3)c2CC)c1. The minimum absolute atomic E-state index is 0.0503. The van der Waals surface area contributed by atoms with Crippen molar-refractivity contribution in [3.05, 3.63) is 46.6 Å². The quantitative estimate of drug-likeness (QED) is 0.633. The van der Waals surface area contributed by atoms with Crippen molar-refractivity contribution in [3.8, 4) is 17.6 Å². The first kappa shape index (κ1) is 22.2. The van der Waals surface area contributed by atoms with Crippen LogP contribution in [0.1, 0.15) is 57.6 Å². The second-order valence-electron chi connectivity index (χ2n) is 8.45. The number of carbonyl (C=O) groups excluding carboxylic acids is 1. The Labute approximate surface area is 182 Å². The fraction of sp³-hybridized carbons (Fsp3) is 0.478. The monoisotopic (exact) mass is 421 g/mol. The molecule has 2 heterocycles. The lowest BCUT2D eigenvalue weighted by Crippen LogP contribution is -2.52. The average Bonchev–Trinajstić information content (AvgIpc) is 3.01. The molecule has 0 spiro atoms. The molecule has 162 valence electrons. The van der Waals surface area contributed by atoms with Crippen molar-refractivity contribution >= 4 is 11.8 Å². The summed E-state index contributed by atoms with van der Waals surface area (Å²) in [7, 11) is 0. The summed E-state index contributed by atoms with van der Waals surface area (Å²) in [6.07, 6.45) is 1.05. The first-order chi connectivity index (χ1) is 14.7. The molecule has 8 heteroatoms. The normalized spacial score (nSPS) is 13.8. The average molecular weight is 422 g/mol. The predicted molar refractivity (Wildman–Crippen MR) is 115 cm³/mol. The predicted octanol–water partition coefficient (Wildman–Crippen LogP) is 5.01. The van der Waals surface area contributed by atoms with Crippen molar-refractivity contribution in [2.45, 2.75) is 59.1 Å². The van der Waals surface area contributed by atoms with E-state index in [1.807, 2.05) is 39.3 Å². The van der Waals surface area contributed by atoms with Gasteiger partial charge in [-0.3, -0.25) is 4.68 Å². The van der Waals surface area contributed by atoms with E-state index in [4.69, 9.17) is 21.1 Å². The van der Waals surface area contributed by atoms with Crippen LogP contribution in [0.25, 0.3) is 4.85 Å². The summed E-state index contributed by atoms with van der Waals surface area (Å²) in [5.41, 5.74) is 1.93. The summed E-state index contributed by atoms with van der Waals surface area (Å²) < 4.78 is 13.5. The molecule has 0 unspecified atom stereocenters. The van der Waals surface area contributed by atoms with E-state index in [2.05, 4.69) is 10.9 Å². The van der Waals surface area contributed by atoms with Gasteiger partial charge in [-0.1, -0.05) is 13.8 Å². The smallest absolute Gasteiger partial charge is 0.410 e. The van der Waals surface area contributed by atoms with Gasteiger partial charge in [0.05, 0.1) is 24.4 Å². The molecule has 0 bridgehead atoms. The Hall–Kier alpha value is -3.52. The van der Waals surface area contributed by atoms with Crippen LogP contribution in [0.5, 0.6) is 11.5 Å². The molecule has 3 rings (SSSR count). The Kier molecular flexibility index (Phi) is 6.21. The van der Waals surface area contributed by atoms with E-state index < -0.39 is 5.60 Å². The molecule has 1 aliphatic heterocycles. The number of amides is 1. The number of aryl methyl sites for hydroxylation is 1. The van der Waals surface area contributed by atoms with Gasteiger partial charge >= 0.3 is 6.09 Å². The molecule has 0 atom stereocenters. The molecule has 0 aliphatic carbocycles. The van der Waals surface area contributed by atoms with E-state index in [-0.39, 0.29) is 12.1 Å². The van der Waals surface area contributed by atoms with E-state index in [0.717, 1.165) is 11.4 Å². The summed E-state index contributed by atoms with van der Waals surface area (Å²) in [4.78, 5) is 17.4. The maximum absolute atomic E-state index is 12.3. The number of nitrogens with zero attached hydrogens (tertiary/aromatic N) is 5. The van der Waals surface area contributed by atoms with Crippen molar-refractivity contribution in [1.29, 1.82) is 5.26 Å². The summed E-state index contributed by atoms with van der Waals surface area (Å²) in [5.74, 6) is 1.10. The van der Waals surface area contributed by atoms with Crippen LogP contribution in [0, 0.1) is 17.9 Å². The van der Waals surface area contributed by atoms with Crippen LogP contribution in [0.3, 0.4) is 0 Å². The third-order valence-electron chi connectivity index (χ3n) is 4.93. The highest BCUT2D eigenvalue weighted by Gasteiger charge is 2.37. The van der Waals surface area contributed by atoms with E-state index in [1.54, 1.807) is 17.0 Å². The van der Waals surface area contributed by atoms with Gasteiger partial charge in [0.2, 0.25) is 0 Å². The molecule has 1 aromatic heterocycles. The summed E-state index contributed by atoms with van der Waals surface area (Å²) >= 11 is 0. The fourth-order valence-electron chi connectivity index (χ4n) is 3.45. The minimum atomic E-state index is -0.527. The summed E-state index contributed by atoms with van der Waals surface area (Å²) in [6.45, 7) is 17.9. The van der Waals surface area contributed by atoms with Gasteiger partial charge in [-0.2, -0.15) is 10.4 Å². The van der Waals surface area contributed by atoms with Gasteiger partial charge in [-0.25, -0.2) is 9.64 Å². The highest BCUT2D eigenvalue weighted by Crippen LogP contribution is 2.36. The molecular weight excluding hydrogens is 394 g/mol. The van der Waals surface area contributed by atoms with E-state index in [9.17, 15) is 10.1 Å². The maximum atomic E-state index is 12.3. The molecule has 1 fully saturated rings. The number of likely N-dealkylation sites (tertiary alicyclic amines) is 1. The van der Waals surface area contributed by atoms with Gasteiger partial charge in [0, 0.05) is 18.7 Å². The van der Waals surface area contributed by atoms with Gasteiger partial charge in [0.15, 0.2) is 11.4 Å². The lowest BCUT2D eigenvalue weighted by molar-refractivity contribution is -0.000786. The molecule has 0 N–H and O–H groups in total. The van der Waals surface area contributed by atoms with Crippen molar-refractivity contribution in [3.63, 3.8) is 0 Å². The minimum Gasteiger partial charge on any atom is -0.455 e. The zero-order valence-corrected chi connectivity index (χ0v) is 18.6. The van der Waals surface area contributed by atoms with Crippen molar-refractivity contribution in [2.75, 3.05) is 13.1 Å². The lowest BCUT2D eigenvalue weighted by atomic mass is 10.1. The van der Waals surface area contributed by atoms with Crippen LogP contribution in [0.2, 0.25) is 0 Å². The zero-order chi connectivity index (χ0) is 22.8. The third kappa shape index (κ3) is 4.80. The third-order valence-corrected chi connectivity index (χ3v) is 4.93. The van der Waals surface area contributed by atoms with Gasteiger partial charge in [0.1, 0.15) is 17.0 Å². The molecule has 8 nitrogen and oxygen atoms in total. The van der Waals surface area contributed by atoms with Crippen LogP contribution < -0.4 is 4.74 Å². The number of rotatable bonds is 5. The summed E-state index contributed by atoms with van der Waals surface area (Å²) in [5, 5.41) is 14.0. The molecule has 0 radical (unpaired) electrons. The first-order valence-electron chi connectivity index (χ1n) is 10.4. The van der Waals surface area contributed by atoms with Crippen molar-refractivity contribution < 1.29 is 14.3 Å². The van der Waals surface area contributed by atoms with Crippen LogP contribution in [-0.2, 0) is 17.6 Å². The number of benzene rings is 1. The number of carbonyl (C=O) groups is 1. The number of aromatic nitrogens is 2. The van der Waals surface area contributed by atoms with Crippen LogP contribution in [0.15, 0.2) is 18.2 Å². The topological polar surface area (TPSA) is 84.7 Å². The number of ether oxygens (including phenoxy) is 2. The number of hydrogen-bond acceptors (Lipinski definition) is 5. The highest BCUT2D eigenvalue weighted by molar-refractivity contribution is 5.69. The van der Waals surface area contributed by atoms with E-state index >= 15 is 0 Å². The maximum Gasteiger partial charge on any atom is 0.410 e. The molecule has 1 aromatic carbocycles. The Bertz CT molecular complexity index is 1030. The second-order valence-corrected chi connectivity index (χ2v) is 8.45. The Morgan fingerprint density at radius 1 is 1.29 bits per heavy atom. The number of nitriles is 1. The molecule has 1 aliphatic rings. The molecule has 0 saturated carbocycles. The lowest BCUT2D eigenvalue weighted by Gasteiger charge is -2.40. The van der Waals surface area contributed by atoms with Crippen LogP contribution in [0.4, 0.5) is 10.5 Å². The van der Waals surface area contributed by atoms with Crippen LogP contribution >= 0.6 is 0 Å². The fourth-order valence-corrected chi connectivity index (χ4v) is 3.45. The van der Waals surface area contributed by atoms with Crippen LogP contribution in [-0.4, -0.2) is 39.5 Å². The second kappa shape index (κ2) is 8.69. The summed E-state index contributed by atoms with van der Waals surface area (Å²) in [6, 6.07) is 6.89. The molecule has 31 heavy (non-hydrogen) atoms. The Morgan fingerprint density at radius 2 is 2.00 bits per heavy atom. The molecule has 1 amide bonds. The molecule has 2 aromatic rings. The first-order valence-corrected chi connectivity index (χ1v) is 10.4. The standard InChI is InChI=1S/C23H27N5O3/c1-7-19-21(30-18-10-15(12-24)9-16(11-18)25-6)20(8-2)28(26-19)17-13-27(14-17)22(29)31-23(3,4)5/h9-11,17H,7-8,13-14H2,1-5H3. The Morgan fingerprint density at radius 3 is 2.55 bits per heavy atom. The number of hydrogen-bond donors (Lipinski definition) is 0. The Balaban J connectivity index is 1.84. The van der Waals surface area contributed by atoms with Crippen molar-refractivity contribution in [2.24, 2.45) is 0 Å². The zero-order valence-electron chi connectivity index (χ0n) is 18.6. The van der Waals surface area contributed by atoms with Crippen molar-refractivity contribution in [1.82, 2.24) is 14.7 Å². The van der Waals surface area contributed by atoms with Gasteiger partial charge in [-0.15, -0.1) is 0 Å².